The molecule has 7 nitrogen and oxygen atoms in total. The average Bonchev–Trinajstić information content (AvgIpc) is 2.95. The summed E-state index contributed by atoms with van der Waals surface area (Å²) in [5, 5.41) is 9.18. The molecule has 1 amide bonds. The number of likely N-dealkylation sites (N-methyl/N-ethyl adjacent to an activating group) is 1. The lowest BCUT2D eigenvalue weighted by Gasteiger charge is -2.31. The van der Waals surface area contributed by atoms with Crippen molar-refractivity contribution < 1.29 is 19.0 Å². The molecular formula is C29H39FN4O3. The number of aliphatic hydroxyl groups is 1. The Bertz CT molecular complexity index is 1070. The molecule has 0 bridgehead atoms. The Balaban J connectivity index is 1.26. The highest BCUT2D eigenvalue weighted by atomic mass is 19.1. The van der Waals surface area contributed by atoms with Gasteiger partial charge in [0, 0.05) is 56.1 Å². The second-order valence-electron chi connectivity index (χ2n) is 9.97. The molecular weight excluding hydrogens is 471 g/mol. The van der Waals surface area contributed by atoms with E-state index in [2.05, 4.69) is 21.8 Å². The SMILES string of the molecule is CCc1cnc(N2CCC(COc3ccc(C4=CCC(C(=O)N(CC)CCO)CC4)c(F)c3)CC2)nc1. The van der Waals surface area contributed by atoms with Gasteiger partial charge in [0.15, 0.2) is 0 Å². The van der Waals surface area contributed by atoms with Crippen molar-refractivity contribution in [2.45, 2.75) is 52.4 Å². The number of hydrogen-bond donors (Lipinski definition) is 1. The zero-order valence-corrected chi connectivity index (χ0v) is 22.0. The largest absolute Gasteiger partial charge is 0.493 e. The number of aliphatic hydroxyl groups excluding tert-OH is 1. The molecule has 8 heteroatoms. The van der Waals surface area contributed by atoms with Crippen molar-refractivity contribution in [3.05, 3.63) is 53.6 Å². The molecule has 1 aromatic heterocycles. The van der Waals surface area contributed by atoms with E-state index in [0.717, 1.165) is 49.4 Å². The molecule has 1 atom stereocenters. The molecule has 0 spiro atoms. The van der Waals surface area contributed by atoms with Crippen molar-refractivity contribution in [2.75, 3.05) is 44.3 Å². The lowest BCUT2D eigenvalue weighted by Crippen LogP contribution is -2.38. The molecule has 0 radical (unpaired) electrons. The summed E-state index contributed by atoms with van der Waals surface area (Å²) in [5.74, 6) is 1.44. The summed E-state index contributed by atoms with van der Waals surface area (Å²) in [6, 6.07) is 5.11. The Labute approximate surface area is 219 Å². The van der Waals surface area contributed by atoms with Gasteiger partial charge < -0.3 is 19.6 Å². The first-order chi connectivity index (χ1) is 18.0. The summed E-state index contributed by atoms with van der Waals surface area (Å²) < 4.78 is 21.0. The number of carbonyl (C=O) groups is 1. The maximum absolute atomic E-state index is 15.0. The number of anilines is 1. The zero-order valence-electron chi connectivity index (χ0n) is 22.0. The summed E-state index contributed by atoms with van der Waals surface area (Å²) in [7, 11) is 0. The van der Waals surface area contributed by atoms with Gasteiger partial charge in [-0.1, -0.05) is 13.0 Å². The van der Waals surface area contributed by atoms with Gasteiger partial charge in [-0.3, -0.25) is 4.79 Å². The van der Waals surface area contributed by atoms with Crippen LogP contribution in [0.2, 0.25) is 0 Å². The Morgan fingerprint density at radius 2 is 1.95 bits per heavy atom. The Morgan fingerprint density at radius 3 is 2.54 bits per heavy atom. The molecule has 200 valence electrons. The van der Waals surface area contributed by atoms with Crippen molar-refractivity contribution in [3.63, 3.8) is 0 Å². The second kappa shape index (κ2) is 13.0. The summed E-state index contributed by atoms with van der Waals surface area (Å²) >= 11 is 0. The maximum Gasteiger partial charge on any atom is 0.226 e. The lowest BCUT2D eigenvalue weighted by atomic mass is 9.85. The van der Waals surface area contributed by atoms with Gasteiger partial charge in [-0.15, -0.1) is 0 Å². The Kier molecular flexibility index (Phi) is 9.50. The van der Waals surface area contributed by atoms with Crippen molar-refractivity contribution >= 4 is 17.4 Å². The van der Waals surface area contributed by atoms with Crippen LogP contribution in [0.4, 0.5) is 10.3 Å². The number of rotatable bonds is 10. The van der Waals surface area contributed by atoms with Gasteiger partial charge in [-0.05, 0) is 74.6 Å². The van der Waals surface area contributed by atoms with Gasteiger partial charge in [-0.25, -0.2) is 14.4 Å². The van der Waals surface area contributed by atoms with Gasteiger partial charge in [0.1, 0.15) is 11.6 Å². The normalized spacial score (nSPS) is 18.4. The summed E-state index contributed by atoms with van der Waals surface area (Å²) in [6.07, 6.45) is 10.6. The highest BCUT2D eigenvalue weighted by molar-refractivity contribution is 5.80. The predicted molar refractivity (Wildman–Crippen MR) is 143 cm³/mol. The molecule has 0 saturated carbocycles. The Morgan fingerprint density at radius 1 is 1.19 bits per heavy atom. The number of nitrogens with zero attached hydrogens (tertiary/aromatic N) is 4. The fourth-order valence-corrected chi connectivity index (χ4v) is 5.16. The summed E-state index contributed by atoms with van der Waals surface area (Å²) in [4.78, 5) is 25.6. The van der Waals surface area contributed by atoms with Crippen LogP contribution in [0.1, 0.15) is 57.1 Å². The third-order valence-corrected chi connectivity index (χ3v) is 7.59. The Hall–Kier alpha value is -3.00. The van der Waals surface area contributed by atoms with Gasteiger partial charge in [0.25, 0.3) is 0 Å². The minimum atomic E-state index is -0.286. The molecule has 1 aliphatic heterocycles. The summed E-state index contributed by atoms with van der Waals surface area (Å²) in [6.45, 7) is 7.27. The fraction of sp³-hybridized carbons (Fsp3) is 0.552. The molecule has 4 rings (SSSR count). The number of ether oxygens (including phenoxy) is 1. The van der Waals surface area contributed by atoms with E-state index in [4.69, 9.17) is 4.74 Å². The topological polar surface area (TPSA) is 78.8 Å². The molecule has 1 aromatic carbocycles. The van der Waals surface area contributed by atoms with E-state index in [0.29, 0.717) is 56.2 Å². The van der Waals surface area contributed by atoms with Crippen LogP contribution in [0.3, 0.4) is 0 Å². The van der Waals surface area contributed by atoms with Gasteiger partial charge in [0.2, 0.25) is 11.9 Å². The van der Waals surface area contributed by atoms with Crippen LogP contribution in [0.15, 0.2) is 36.7 Å². The molecule has 1 fully saturated rings. The number of benzene rings is 1. The van der Waals surface area contributed by atoms with Crippen LogP contribution in [0.25, 0.3) is 5.57 Å². The van der Waals surface area contributed by atoms with E-state index in [1.807, 2.05) is 31.5 Å². The third kappa shape index (κ3) is 6.86. The van der Waals surface area contributed by atoms with Crippen LogP contribution in [0.5, 0.6) is 5.75 Å². The second-order valence-corrected chi connectivity index (χ2v) is 9.97. The highest BCUT2D eigenvalue weighted by Gasteiger charge is 2.26. The standard InChI is InChI=1S/C29H39FN4O3/c1-3-21-18-31-29(32-19-21)34-13-11-22(12-14-34)20-37-25-9-10-26(27(30)17-25)23-5-7-24(8-6-23)28(36)33(4-2)15-16-35/h5,9-10,17-19,22,24,35H,3-4,6-8,11-16,20H2,1-2H3. The van der Waals surface area contributed by atoms with Crippen LogP contribution in [-0.2, 0) is 11.2 Å². The van der Waals surface area contributed by atoms with E-state index >= 15 is 0 Å². The summed E-state index contributed by atoms with van der Waals surface area (Å²) in [5.41, 5.74) is 2.67. The molecule has 2 heterocycles. The minimum absolute atomic E-state index is 0.0331. The average molecular weight is 511 g/mol. The monoisotopic (exact) mass is 510 g/mol. The van der Waals surface area contributed by atoms with E-state index in [9.17, 15) is 14.3 Å². The number of allylic oxidation sites excluding steroid dienone is 2. The molecule has 2 aliphatic rings. The van der Waals surface area contributed by atoms with Gasteiger partial charge in [-0.2, -0.15) is 0 Å². The first kappa shape index (κ1) is 27.0. The third-order valence-electron chi connectivity index (χ3n) is 7.59. The highest BCUT2D eigenvalue weighted by Crippen LogP contribution is 2.34. The fourth-order valence-electron chi connectivity index (χ4n) is 5.16. The number of carbonyl (C=O) groups excluding carboxylic acids is 1. The first-order valence-corrected chi connectivity index (χ1v) is 13.6. The molecule has 37 heavy (non-hydrogen) atoms. The number of hydrogen-bond acceptors (Lipinski definition) is 6. The molecule has 2 aromatic rings. The first-order valence-electron chi connectivity index (χ1n) is 13.6. The van der Waals surface area contributed by atoms with Crippen LogP contribution < -0.4 is 9.64 Å². The predicted octanol–water partition coefficient (Wildman–Crippen LogP) is 4.50. The van der Waals surface area contributed by atoms with E-state index in [-0.39, 0.29) is 24.2 Å². The van der Waals surface area contributed by atoms with Gasteiger partial charge in [0.05, 0.1) is 13.2 Å². The van der Waals surface area contributed by atoms with Crippen molar-refractivity contribution in [1.29, 1.82) is 0 Å². The number of halogens is 1. The van der Waals surface area contributed by atoms with E-state index in [1.54, 1.807) is 11.0 Å². The quantitative estimate of drug-likeness (QED) is 0.507. The van der Waals surface area contributed by atoms with Crippen LogP contribution in [0, 0.1) is 17.7 Å². The zero-order chi connectivity index (χ0) is 26.2. The molecule has 1 aliphatic carbocycles. The number of aromatic nitrogens is 2. The van der Waals surface area contributed by atoms with Gasteiger partial charge >= 0.3 is 0 Å². The minimum Gasteiger partial charge on any atom is -0.493 e. The maximum atomic E-state index is 15.0. The van der Waals surface area contributed by atoms with Crippen molar-refractivity contribution in [2.24, 2.45) is 11.8 Å². The molecule has 1 N–H and O–H groups in total. The smallest absolute Gasteiger partial charge is 0.226 e. The van der Waals surface area contributed by atoms with E-state index < -0.39 is 0 Å². The van der Waals surface area contributed by atoms with Crippen LogP contribution in [-0.4, -0.2) is 65.3 Å². The van der Waals surface area contributed by atoms with E-state index in [1.165, 1.54) is 6.07 Å². The van der Waals surface area contributed by atoms with Crippen molar-refractivity contribution in [1.82, 2.24) is 14.9 Å². The van der Waals surface area contributed by atoms with Crippen LogP contribution >= 0.6 is 0 Å². The number of aryl methyl sites for hydroxylation is 1. The van der Waals surface area contributed by atoms with Crippen molar-refractivity contribution in [3.8, 4) is 5.75 Å². The lowest BCUT2D eigenvalue weighted by molar-refractivity contribution is -0.136. The molecule has 1 unspecified atom stereocenters. The number of piperidine rings is 1. The number of amides is 1. The molecule has 1 saturated heterocycles.